The number of ether oxygens (including phenoxy) is 3. The van der Waals surface area contributed by atoms with E-state index in [9.17, 15) is 0 Å². The lowest BCUT2D eigenvalue weighted by molar-refractivity contribution is -0.204. The molecule has 1 aliphatic rings. The monoisotopic (exact) mass is 447 g/mol. The third-order valence-corrected chi connectivity index (χ3v) is 6.30. The average molecular weight is 448 g/mol. The van der Waals surface area contributed by atoms with Crippen LogP contribution in [0.5, 0.6) is 0 Å². The highest BCUT2D eigenvalue weighted by atomic mass is 19.1. The minimum atomic E-state index is -0.180. The first-order valence-corrected chi connectivity index (χ1v) is 11.6. The van der Waals surface area contributed by atoms with E-state index in [1.807, 2.05) is 36.4 Å². The predicted octanol–water partition coefficient (Wildman–Crippen LogP) is 5.59. The van der Waals surface area contributed by atoms with Gasteiger partial charge in [0, 0.05) is 31.4 Å². The molecule has 0 aromatic heterocycles. The molecule has 0 saturated carbocycles. The normalized spacial score (nSPS) is 18.3. The second-order valence-corrected chi connectivity index (χ2v) is 8.69. The van der Waals surface area contributed by atoms with Crippen molar-refractivity contribution in [2.75, 3.05) is 26.9 Å². The van der Waals surface area contributed by atoms with Gasteiger partial charge in [-0.3, -0.25) is 0 Å². The summed E-state index contributed by atoms with van der Waals surface area (Å²) in [7, 11) is 1.71. The maximum absolute atomic E-state index is 15.1. The molecule has 5 heteroatoms. The number of hydrogen-bond acceptors (Lipinski definition) is 4. The van der Waals surface area contributed by atoms with E-state index >= 15 is 4.39 Å². The van der Waals surface area contributed by atoms with Crippen molar-refractivity contribution in [2.24, 2.45) is 5.92 Å². The summed E-state index contributed by atoms with van der Waals surface area (Å²) in [5, 5.41) is 10.5. The van der Waals surface area contributed by atoms with Gasteiger partial charge >= 0.3 is 0 Å². The van der Waals surface area contributed by atoms with Gasteiger partial charge in [0.25, 0.3) is 0 Å². The summed E-state index contributed by atoms with van der Waals surface area (Å²) in [6.07, 6.45) is 3.74. The molecular weight excluding hydrogens is 417 g/mol. The van der Waals surface area contributed by atoms with Gasteiger partial charge in [0.05, 0.1) is 24.8 Å². The zero-order chi connectivity index (χ0) is 23.0. The summed E-state index contributed by atoms with van der Waals surface area (Å²) < 4.78 is 32.0. The Morgan fingerprint density at radius 1 is 0.939 bits per heavy atom. The lowest BCUT2D eigenvalue weighted by Gasteiger charge is -2.29. The van der Waals surface area contributed by atoms with Crippen molar-refractivity contribution in [3.8, 4) is 6.07 Å². The zero-order valence-electron chi connectivity index (χ0n) is 19.1. The van der Waals surface area contributed by atoms with Crippen LogP contribution in [-0.2, 0) is 33.5 Å². The fraction of sp³-hybridized carbons (Fsp3) is 0.393. The SMILES string of the molecule is COCCC1COC(CCc2ccc3c(F)c(CCc4ccc(C#N)cc4)ccc3c2)OC1. The summed E-state index contributed by atoms with van der Waals surface area (Å²) in [5.74, 6) is 0.254. The Bertz CT molecular complexity index is 1100. The molecule has 0 unspecified atom stereocenters. The first-order chi connectivity index (χ1) is 16.2. The Balaban J connectivity index is 1.33. The van der Waals surface area contributed by atoms with Crippen molar-refractivity contribution in [3.05, 3.63) is 82.7 Å². The van der Waals surface area contributed by atoms with E-state index in [1.165, 1.54) is 0 Å². The molecule has 172 valence electrons. The van der Waals surface area contributed by atoms with Crippen molar-refractivity contribution < 1.29 is 18.6 Å². The number of rotatable bonds is 9. The highest BCUT2D eigenvalue weighted by molar-refractivity contribution is 5.84. The summed E-state index contributed by atoms with van der Waals surface area (Å²) >= 11 is 0. The molecule has 1 saturated heterocycles. The van der Waals surface area contributed by atoms with Gasteiger partial charge in [0.15, 0.2) is 6.29 Å². The van der Waals surface area contributed by atoms with Crippen LogP contribution in [0, 0.1) is 23.1 Å². The molecule has 0 atom stereocenters. The smallest absolute Gasteiger partial charge is 0.157 e. The van der Waals surface area contributed by atoms with Crippen LogP contribution in [0.15, 0.2) is 54.6 Å². The Hall–Kier alpha value is -2.78. The van der Waals surface area contributed by atoms with Crippen LogP contribution in [0.25, 0.3) is 10.8 Å². The number of hydrogen-bond donors (Lipinski definition) is 0. The lowest BCUT2D eigenvalue weighted by Crippen LogP contribution is -2.32. The van der Waals surface area contributed by atoms with E-state index in [0.717, 1.165) is 48.8 Å². The van der Waals surface area contributed by atoms with Gasteiger partial charge < -0.3 is 14.2 Å². The molecule has 0 amide bonds. The fourth-order valence-corrected chi connectivity index (χ4v) is 4.25. The van der Waals surface area contributed by atoms with Crippen LogP contribution in [0.4, 0.5) is 4.39 Å². The summed E-state index contributed by atoms with van der Waals surface area (Å²) in [6.45, 7) is 2.15. The quantitative estimate of drug-likeness (QED) is 0.429. The highest BCUT2D eigenvalue weighted by Crippen LogP contribution is 2.25. The van der Waals surface area contributed by atoms with Crippen molar-refractivity contribution in [1.82, 2.24) is 0 Å². The van der Waals surface area contributed by atoms with Gasteiger partial charge in [-0.15, -0.1) is 0 Å². The molecule has 0 aliphatic carbocycles. The number of benzene rings is 3. The number of nitriles is 1. The summed E-state index contributed by atoms with van der Waals surface area (Å²) in [6, 6.07) is 19.4. The van der Waals surface area contributed by atoms with E-state index in [2.05, 4.69) is 12.1 Å². The minimum absolute atomic E-state index is 0.145. The second kappa shape index (κ2) is 11.4. The maximum atomic E-state index is 15.1. The van der Waals surface area contributed by atoms with Gasteiger partial charge in [-0.2, -0.15) is 5.26 Å². The second-order valence-electron chi connectivity index (χ2n) is 8.69. The van der Waals surface area contributed by atoms with Crippen LogP contribution < -0.4 is 0 Å². The van der Waals surface area contributed by atoms with Crippen LogP contribution >= 0.6 is 0 Å². The molecule has 4 rings (SSSR count). The fourth-order valence-electron chi connectivity index (χ4n) is 4.25. The molecule has 0 bridgehead atoms. The Labute approximate surface area is 194 Å². The number of nitrogens with zero attached hydrogens (tertiary/aromatic N) is 1. The standard InChI is InChI=1S/C28H30FNO3/c1-31-15-14-23-18-32-27(33-19-23)13-8-21-7-12-26-25(16-21)11-10-24(28(26)29)9-6-20-2-4-22(17-30)5-3-20/h2-5,7,10-12,16,23,27H,6,8-9,13-15,18-19H2,1H3. The maximum Gasteiger partial charge on any atom is 0.157 e. The summed E-state index contributed by atoms with van der Waals surface area (Å²) in [5.41, 5.74) is 3.60. The first kappa shape index (κ1) is 23.4. The number of halogens is 1. The molecule has 3 aromatic rings. The molecule has 3 aromatic carbocycles. The molecule has 1 heterocycles. The van der Waals surface area contributed by atoms with Crippen molar-refractivity contribution in [3.63, 3.8) is 0 Å². The van der Waals surface area contributed by atoms with Crippen LogP contribution in [0.1, 0.15) is 35.1 Å². The van der Waals surface area contributed by atoms with Gasteiger partial charge in [-0.1, -0.05) is 42.5 Å². The predicted molar refractivity (Wildman–Crippen MR) is 126 cm³/mol. The van der Waals surface area contributed by atoms with Crippen molar-refractivity contribution >= 4 is 10.8 Å². The molecular formula is C28H30FNO3. The Kier molecular flexibility index (Phi) is 8.06. The molecule has 1 fully saturated rings. The van der Waals surface area contributed by atoms with E-state index < -0.39 is 0 Å². The third kappa shape index (κ3) is 6.17. The van der Waals surface area contributed by atoms with Gasteiger partial charge in [0.1, 0.15) is 5.82 Å². The van der Waals surface area contributed by atoms with E-state index in [1.54, 1.807) is 19.2 Å². The van der Waals surface area contributed by atoms with Crippen LogP contribution in [-0.4, -0.2) is 33.2 Å². The number of aryl methyl sites for hydroxylation is 3. The molecule has 0 N–H and O–H groups in total. The van der Waals surface area contributed by atoms with E-state index in [0.29, 0.717) is 42.1 Å². The molecule has 33 heavy (non-hydrogen) atoms. The largest absolute Gasteiger partial charge is 0.385 e. The van der Waals surface area contributed by atoms with Gasteiger partial charge in [-0.05, 0) is 59.9 Å². The summed E-state index contributed by atoms with van der Waals surface area (Å²) in [4.78, 5) is 0. The molecule has 0 radical (unpaired) electrons. The topological polar surface area (TPSA) is 51.5 Å². The zero-order valence-corrected chi connectivity index (χ0v) is 19.1. The van der Waals surface area contributed by atoms with Gasteiger partial charge in [0.2, 0.25) is 0 Å². The van der Waals surface area contributed by atoms with E-state index in [4.69, 9.17) is 19.5 Å². The van der Waals surface area contributed by atoms with Crippen LogP contribution in [0.2, 0.25) is 0 Å². The van der Waals surface area contributed by atoms with Crippen molar-refractivity contribution in [2.45, 2.75) is 38.4 Å². The molecule has 4 nitrogen and oxygen atoms in total. The third-order valence-electron chi connectivity index (χ3n) is 6.30. The minimum Gasteiger partial charge on any atom is -0.385 e. The van der Waals surface area contributed by atoms with Crippen molar-refractivity contribution in [1.29, 1.82) is 5.26 Å². The Morgan fingerprint density at radius 3 is 2.42 bits per heavy atom. The highest BCUT2D eigenvalue weighted by Gasteiger charge is 2.22. The molecule has 0 spiro atoms. The molecule has 1 aliphatic heterocycles. The van der Waals surface area contributed by atoms with E-state index in [-0.39, 0.29) is 12.1 Å². The first-order valence-electron chi connectivity index (χ1n) is 11.6. The van der Waals surface area contributed by atoms with Gasteiger partial charge in [-0.25, -0.2) is 4.39 Å². The average Bonchev–Trinajstić information content (AvgIpc) is 2.86. The van der Waals surface area contributed by atoms with Crippen LogP contribution in [0.3, 0.4) is 0 Å². The number of fused-ring (bicyclic) bond motifs is 1. The lowest BCUT2D eigenvalue weighted by atomic mass is 9.98. The number of methoxy groups -OCH3 is 1. The Morgan fingerprint density at radius 2 is 1.70 bits per heavy atom.